The highest BCUT2D eigenvalue weighted by Crippen LogP contribution is 1.99. The first-order valence-electron chi connectivity index (χ1n) is 5.53. The van der Waals surface area contributed by atoms with Gasteiger partial charge in [0.2, 0.25) is 6.08 Å². The van der Waals surface area contributed by atoms with Crippen LogP contribution in [0.3, 0.4) is 0 Å². The predicted molar refractivity (Wildman–Crippen MR) is 57.2 cm³/mol. The zero-order chi connectivity index (χ0) is 10.5. The van der Waals surface area contributed by atoms with Crippen LogP contribution in [0.15, 0.2) is 4.99 Å². The van der Waals surface area contributed by atoms with Gasteiger partial charge in [0.1, 0.15) is 0 Å². The first-order valence-corrected chi connectivity index (χ1v) is 5.53. The van der Waals surface area contributed by atoms with E-state index < -0.39 is 0 Å². The quantitative estimate of drug-likeness (QED) is 0.308. The standard InChI is InChI=1S/C11H21NO2/c1-2-3-4-6-9-14-10-7-5-8-12-11-13/h2-10H2,1H3. The van der Waals surface area contributed by atoms with Gasteiger partial charge in [-0.05, 0) is 19.3 Å². The Labute approximate surface area is 86.6 Å². The Morgan fingerprint density at radius 1 is 1.07 bits per heavy atom. The summed E-state index contributed by atoms with van der Waals surface area (Å²) < 4.78 is 5.42. The van der Waals surface area contributed by atoms with Crippen molar-refractivity contribution in [1.82, 2.24) is 0 Å². The van der Waals surface area contributed by atoms with E-state index in [4.69, 9.17) is 4.74 Å². The molecule has 0 aliphatic carbocycles. The van der Waals surface area contributed by atoms with Crippen LogP contribution >= 0.6 is 0 Å². The van der Waals surface area contributed by atoms with Gasteiger partial charge >= 0.3 is 0 Å². The zero-order valence-corrected chi connectivity index (χ0v) is 9.13. The number of hydrogen-bond donors (Lipinski definition) is 0. The molecule has 0 bridgehead atoms. The first kappa shape index (κ1) is 13.3. The Hall–Kier alpha value is -0.660. The second kappa shape index (κ2) is 12.3. The van der Waals surface area contributed by atoms with Crippen LogP contribution in [0.2, 0.25) is 0 Å². The lowest BCUT2D eigenvalue weighted by atomic mass is 10.2. The highest BCUT2D eigenvalue weighted by Gasteiger charge is 1.90. The Bertz CT molecular complexity index is 153. The molecule has 0 aromatic rings. The van der Waals surface area contributed by atoms with Crippen LogP contribution in [-0.4, -0.2) is 25.8 Å². The molecule has 0 amide bonds. The molecule has 0 fully saturated rings. The number of hydrogen-bond acceptors (Lipinski definition) is 3. The second-order valence-corrected chi connectivity index (χ2v) is 3.35. The largest absolute Gasteiger partial charge is 0.381 e. The summed E-state index contributed by atoms with van der Waals surface area (Å²) in [5.74, 6) is 0. The van der Waals surface area contributed by atoms with Crippen molar-refractivity contribution >= 4 is 6.08 Å². The second-order valence-electron chi connectivity index (χ2n) is 3.35. The summed E-state index contributed by atoms with van der Waals surface area (Å²) in [6, 6.07) is 0. The van der Waals surface area contributed by atoms with E-state index >= 15 is 0 Å². The molecular formula is C11H21NO2. The number of aliphatic imine (C=N–C) groups is 1. The van der Waals surface area contributed by atoms with Gasteiger partial charge < -0.3 is 4.74 Å². The van der Waals surface area contributed by atoms with Crippen molar-refractivity contribution in [1.29, 1.82) is 0 Å². The van der Waals surface area contributed by atoms with E-state index in [2.05, 4.69) is 11.9 Å². The van der Waals surface area contributed by atoms with Crippen molar-refractivity contribution in [2.24, 2.45) is 4.99 Å². The van der Waals surface area contributed by atoms with Crippen molar-refractivity contribution < 1.29 is 9.53 Å². The fraction of sp³-hybridized carbons (Fsp3) is 0.909. The Kier molecular flexibility index (Phi) is 11.8. The van der Waals surface area contributed by atoms with Crippen LogP contribution in [0.25, 0.3) is 0 Å². The minimum Gasteiger partial charge on any atom is -0.381 e. The fourth-order valence-corrected chi connectivity index (χ4v) is 1.17. The molecule has 3 heteroatoms. The Morgan fingerprint density at radius 2 is 1.79 bits per heavy atom. The molecule has 0 N–H and O–H groups in total. The van der Waals surface area contributed by atoms with Gasteiger partial charge in [0.15, 0.2) is 0 Å². The van der Waals surface area contributed by atoms with Gasteiger partial charge in [0.25, 0.3) is 0 Å². The number of unbranched alkanes of at least 4 members (excludes halogenated alkanes) is 4. The number of carbonyl (C=O) groups excluding carboxylic acids is 1. The molecule has 0 heterocycles. The van der Waals surface area contributed by atoms with E-state index in [-0.39, 0.29) is 0 Å². The normalized spacial score (nSPS) is 9.79. The molecule has 0 rings (SSSR count). The van der Waals surface area contributed by atoms with Gasteiger partial charge in [-0.2, -0.15) is 0 Å². The molecule has 14 heavy (non-hydrogen) atoms. The Balaban J connectivity index is 2.88. The van der Waals surface area contributed by atoms with Crippen molar-refractivity contribution in [3.63, 3.8) is 0 Å². The maximum atomic E-state index is 9.72. The highest BCUT2D eigenvalue weighted by atomic mass is 16.5. The topological polar surface area (TPSA) is 38.7 Å². The lowest BCUT2D eigenvalue weighted by Crippen LogP contribution is -1.97. The highest BCUT2D eigenvalue weighted by molar-refractivity contribution is 5.32. The summed E-state index contributed by atoms with van der Waals surface area (Å²) >= 11 is 0. The molecular weight excluding hydrogens is 178 g/mol. The number of rotatable bonds is 10. The van der Waals surface area contributed by atoms with E-state index in [0.717, 1.165) is 26.1 Å². The summed E-state index contributed by atoms with van der Waals surface area (Å²) in [4.78, 5) is 13.2. The van der Waals surface area contributed by atoms with Gasteiger partial charge in [-0.1, -0.05) is 26.2 Å². The molecule has 0 saturated carbocycles. The summed E-state index contributed by atoms with van der Waals surface area (Å²) in [5, 5.41) is 0. The van der Waals surface area contributed by atoms with Crippen molar-refractivity contribution in [2.75, 3.05) is 19.8 Å². The van der Waals surface area contributed by atoms with Crippen LogP contribution in [0, 0.1) is 0 Å². The van der Waals surface area contributed by atoms with Crippen molar-refractivity contribution in [3.05, 3.63) is 0 Å². The molecule has 3 nitrogen and oxygen atoms in total. The average molecular weight is 199 g/mol. The fourth-order valence-electron chi connectivity index (χ4n) is 1.17. The van der Waals surface area contributed by atoms with E-state index in [1.807, 2.05) is 0 Å². The number of ether oxygens (including phenoxy) is 1. The molecule has 0 radical (unpaired) electrons. The lowest BCUT2D eigenvalue weighted by Gasteiger charge is -2.02. The van der Waals surface area contributed by atoms with Crippen molar-refractivity contribution in [2.45, 2.75) is 45.4 Å². The zero-order valence-electron chi connectivity index (χ0n) is 9.13. The molecule has 0 spiro atoms. The predicted octanol–water partition coefficient (Wildman–Crippen LogP) is 2.70. The van der Waals surface area contributed by atoms with Crippen LogP contribution in [0.5, 0.6) is 0 Å². The van der Waals surface area contributed by atoms with Gasteiger partial charge in [-0.15, -0.1) is 0 Å². The maximum absolute atomic E-state index is 9.72. The third kappa shape index (κ3) is 11.3. The molecule has 0 saturated heterocycles. The minimum atomic E-state index is 0.586. The van der Waals surface area contributed by atoms with Gasteiger partial charge in [-0.3, -0.25) is 0 Å². The summed E-state index contributed by atoms with van der Waals surface area (Å²) in [5.41, 5.74) is 0. The van der Waals surface area contributed by atoms with E-state index in [1.54, 1.807) is 0 Å². The smallest absolute Gasteiger partial charge is 0.234 e. The molecule has 0 atom stereocenters. The van der Waals surface area contributed by atoms with E-state index in [1.165, 1.54) is 31.8 Å². The SMILES string of the molecule is CCCCCCOCCCCN=C=O. The number of nitrogens with zero attached hydrogens (tertiary/aromatic N) is 1. The molecule has 82 valence electrons. The average Bonchev–Trinajstić information content (AvgIpc) is 2.21. The van der Waals surface area contributed by atoms with Gasteiger partial charge in [0, 0.05) is 13.2 Å². The summed E-state index contributed by atoms with van der Waals surface area (Å²) in [6.07, 6.45) is 8.44. The first-order chi connectivity index (χ1) is 6.91. The summed E-state index contributed by atoms with van der Waals surface area (Å²) in [6.45, 7) is 4.45. The molecule has 0 aromatic carbocycles. The van der Waals surface area contributed by atoms with Crippen LogP contribution in [-0.2, 0) is 9.53 Å². The molecule has 0 aliphatic heterocycles. The maximum Gasteiger partial charge on any atom is 0.234 e. The molecule has 0 unspecified atom stereocenters. The molecule has 0 aliphatic rings. The number of isocyanates is 1. The van der Waals surface area contributed by atoms with Crippen LogP contribution in [0.1, 0.15) is 45.4 Å². The summed E-state index contributed by atoms with van der Waals surface area (Å²) in [7, 11) is 0. The third-order valence-corrected chi connectivity index (χ3v) is 2.02. The lowest BCUT2D eigenvalue weighted by molar-refractivity contribution is 0.126. The van der Waals surface area contributed by atoms with Crippen LogP contribution < -0.4 is 0 Å². The van der Waals surface area contributed by atoms with Gasteiger partial charge in [0.05, 0.1) is 6.54 Å². The monoisotopic (exact) mass is 199 g/mol. The van der Waals surface area contributed by atoms with Crippen molar-refractivity contribution in [3.8, 4) is 0 Å². The van der Waals surface area contributed by atoms with E-state index in [9.17, 15) is 4.79 Å². The minimum absolute atomic E-state index is 0.586. The van der Waals surface area contributed by atoms with Crippen LogP contribution in [0.4, 0.5) is 0 Å². The third-order valence-electron chi connectivity index (χ3n) is 2.02. The Morgan fingerprint density at radius 3 is 2.43 bits per heavy atom. The van der Waals surface area contributed by atoms with Gasteiger partial charge in [-0.25, -0.2) is 9.79 Å². The van der Waals surface area contributed by atoms with E-state index in [0.29, 0.717) is 6.54 Å². The molecule has 0 aromatic heterocycles.